The van der Waals surface area contributed by atoms with E-state index in [0.29, 0.717) is 0 Å². The van der Waals surface area contributed by atoms with Gasteiger partial charge in [0.1, 0.15) is 0 Å². The fraction of sp³-hybridized carbons (Fsp3) is 0.462. The molecular weight excluding hydrogens is 200 g/mol. The summed E-state index contributed by atoms with van der Waals surface area (Å²) in [7, 11) is 0. The van der Waals surface area contributed by atoms with Crippen LogP contribution in [0.1, 0.15) is 23.2 Å². The van der Waals surface area contributed by atoms with E-state index in [1.807, 2.05) is 35.2 Å². The summed E-state index contributed by atoms with van der Waals surface area (Å²) in [6.07, 6.45) is 2.21. The average Bonchev–Trinajstić information content (AvgIpc) is 3.04. The predicted molar refractivity (Wildman–Crippen MR) is 62.3 cm³/mol. The maximum Gasteiger partial charge on any atom is 0.254 e. The summed E-state index contributed by atoms with van der Waals surface area (Å²) in [5.74, 6) is 0.197. The zero-order valence-electron chi connectivity index (χ0n) is 9.28. The molecule has 1 amide bonds. The molecule has 1 N–H and O–H groups in total. The fourth-order valence-corrected chi connectivity index (χ4v) is 2.60. The minimum absolute atomic E-state index is 0.193. The molecule has 2 fully saturated rings. The van der Waals surface area contributed by atoms with Gasteiger partial charge in [-0.2, -0.15) is 0 Å². The maximum absolute atomic E-state index is 12.2. The normalized spacial score (nSPS) is 22.1. The van der Waals surface area contributed by atoms with Gasteiger partial charge in [-0.05, 0) is 38.1 Å². The molecule has 3 heteroatoms. The number of carbonyl (C=O) groups is 1. The Hall–Kier alpha value is -1.35. The first-order chi connectivity index (χ1) is 7.82. The molecule has 0 atom stereocenters. The molecule has 0 bridgehead atoms. The van der Waals surface area contributed by atoms with Gasteiger partial charge in [-0.1, -0.05) is 18.2 Å². The van der Waals surface area contributed by atoms with Crippen molar-refractivity contribution >= 4 is 5.91 Å². The minimum Gasteiger partial charge on any atom is -0.329 e. The molecule has 2 heterocycles. The molecule has 0 aliphatic carbocycles. The first kappa shape index (κ1) is 9.85. The van der Waals surface area contributed by atoms with E-state index in [-0.39, 0.29) is 11.4 Å². The molecule has 3 rings (SSSR count). The van der Waals surface area contributed by atoms with Crippen LogP contribution in [0.2, 0.25) is 0 Å². The van der Waals surface area contributed by atoms with Crippen LogP contribution in [0, 0.1) is 0 Å². The second kappa shape index (κ2) is 3.59. The number of benzene rings is 1. The Labute approximate surface area is 95.4 Å². The Balaban J connectivity index is 1.74. The van der Waals surface area contributed by atoms with Gasteiger partial charge in [-0.3, -0.25) is 4.79 Å². The van der Waals surface area contributed by atoms with Gasteiger partial charge in [-0.25, -0.2) is 0 Å². The van der Waals surface area contributed by atoms with Crippen molar-refractivity contribution in [1.29, 1.82) is 0 Å². The molecule has 16 heavy (non-hydrogen) atoms. The van der Waals surface area contributed by atoms with Crippen molar-refractivity contribution in [1.82, 2.24) is 10.2 Å². The van der Waals surface area contributed by atoms with Gasteiger partial charge in [0.25, 0.3) is 5.91 Å². The summed E-state index contributed by atoms with van der Waals surface area (Å²) in [5.41, 5.74) is 1.01. The smallest absolute Gasteiger partial charge is 0.254 e. The van der Waals surface area contributed by atoms with Gasteiger partial charge in [0.2, 0.25) is 0 Å². The quantitative estimate of drug-likeness (QED) is 0.717. The van der Waals surface area contributed by atoms with Gasteiger partial charge in [0.05, 0.1) is 5.54 Å². The highest BCUT2D eigenvalue weighted by atomic mass is 16.2. The van der Waals surface area contributed by atoms with Crippen LogP contribution >= 0.6 is 0 Å². The van der Waals surface area contributed by atoms with Crippen molar-refractivity contribution in [3.8, 4) is 0 Å². The van der Waals surface area contributed by atoms with E-state index in [0.717, 1.165) is 38.0 Å². The lowest BCUT2D eigenvalue weighted by Crippen LogP contribution is -2.37. The Morgan fingerprint density at radius 2 is 1.88 bits per heavy atom. The highest BCUT2D eigenvalue weighted by molar-refractivity contribution is 5.96. The number of hydrogen-bond donors (Lipinski definition) is 1. The fourth-order valence-electron chi connectivity index (χ4n) is 2.60. The first-order valence-corrected chi connectivity index (χ1v) is 5.90. The van der Waals surface area contributed by atoms with Crippen molar-refractivity contribution in [3.63, 3.8) is 0 Å². The zero-order valence-corrected chi connectivity index (χ0v) is 9.28. The highest BCUT2D eigenvalue weighted by Crippen LogP contribution is 2.41. The molecule has 0 saturated carbocycles. The molecule has 1 aromatic rings. The predicted octanol–water partition coefficient (Wildman–Crippen LogP) is 1.26. The standard InChI is InChI=1S/C13H16N2O/c16-12(11-4-2-1-3-5-11)15-10-13(15)6-8-14-9-7-13/h1-5,14H,6-10H2. The topological polar surface area (TPSA) is 32.1 Å². The number of hydrogen-bond acceptors (Lipinski definition) is 2. The number of piperidine rings is 1. The molecule has 2 aliphatic heterocycles. The van der Waals surface area contributed by atoms with Gasteiger partial charge in [0.15, 0.2) is 0 Å². The summed E-state index contributed by atoms with van der Waals surface area (Å²) < 4.78 is 0. The minimum atomic E-state index is 0.193. The summed E-state index contributed by atoms with van der Waals surface area (Å²) in [4.78, 5) is 14.2. The third-order valence-electron chi connectivity index (χ3n) is 3.72. The Morgan fingerprint density at radius 3 is 2.56 bits per heavy atom. The summed E-state index contributed by atoms with van der Waals surface area (Å²) in [6, 6.07) is 9.59. The molecule has 0 radical (unpaired) electrons. The third-order valence-corrected chi connectivity index (χ3v) is 3.72. The molecule has 84 valence electrons. The van der Waals surface area contributed by atoms with Crippen LogP contribution in [0.15, 0.2) is 30.3 Å². The largest absolute Gasteiger partial charge is 0.329 e. The molecule has 0 unspecified atom stereocenters. The van der Waals surface area contributed by atoms with E-state index in [1.165, 1.54) is 0 Å². The van der Waals surface area contributed by atoms with E-state index in [9.17, 15) is 4.79 Å². The summed E-state index contributed by atoms with van der Waals surface area (Å²) in [6.45, 7) is 3.03. The maximum atomic E-state index is 12.2. The number of carbonyl (C=O) groups excluding carboxylic acids is 1. The van der Waals surface area contributed by atoms with Gasteiger partial charge in [0, 0.05) is 12.1 Å². The van der Waals surface area contributed by atoms with Crippen LogP contribution in [0.5, 0.6) is 0 Å². The number of nitrogens with zero attached hydrogens (tertiary/aromatic N) is 1. The van der Waals surface area contributed by atoms with E-state index in [4.69, 9.17) is 0 Å². The van der Waals surface area contributed by atoms with Crippen molar-refractivity contribution in [2.45, 2.75) is 18.4 Å². The molecule has 2 aliphatic rings. The van der Waals surface area contributed by atoms with Crippen LogP contribution in [-0.4, -0.2) is 36.0 Å². The van der Waals surface area contributed by atoms with Crippen molar-refractivity contribution in [3.05, 3.63) is 35.9 Å². The Morgan fingerprint density at radius 1 is 1.19 bits per heavy atom. The van der Waals surface area contributed by atoms with Crippen LogP contribution in [0.25, 0.3) is 0 Å². The van der Waals surface area contributed by atoms with Gasteiger partial charge < -0.3 is 10.2 Å². The lowest BCUT2D eigenvalue weighted by molar-refractivity contribution is 0.0843. The molecular formula is C13H16N2O. The third kappa shape index (κ3) is 1.52. The SMILES string of the molecule is O=C(c1ccccc1)N1CC12CCNCC2. The lowest BCUT2D eigenvalue weighted by atomic mass is 9.98. The van der Waals surface area contributed by atoms with E-state index >= 15 is 0 Å². The summed E-state index contributed by atoms with van der Waals surface area (Å²) in [5, 5.41) is 3.34. The van der Waals surface area contributed by atoms with Crippen molar-refractivity contribution < 1.29 is 4.79 Å². The Bertz CT molecular complexity index is 396. The van der Waals surface area contributed by atoms with E-state index in [1.54, 1.807) is 0 Å². The van der Waals surface area contributed by atoms with E-state index in [2.05, 4.69) is 5.32 Å². The second-order valence-corrected chi connectivity index (χ2v) is 4.73. The van der Waals surface area contributed by atoms with Crippen LogP contribution in [0.3, 0.4) is 0 Å². The van der Waals surface area contributed by atoms with Crippen LogP contribution in [-0.2, 0) is 0 Å². The number of amides is 1. The van der Waals surface area contributed by atoms with E-state index < -0.39 is 0 Å². The molecule has 0 aromatic heterocycles. The molecule has 3 nitrogen and oxygen atoms in total. The Kier molecular flexibility index (Phi) is 2.21. The van der Waals surface area contributed by atoms with Crippen LogP contribution < -0.4 is 5.32 Å². The number of rotatable bonds is 1. The molecule has 1 aromatic carbocycles. The van der Waals surface area contributed by atoms with Gasteiger partial charge >= 0.3 is 0 Å². The monoisotopic (exact) mass is 216 g/mol. The van der Waals surface area contributed by atoms with Gasteiger partial charge in [-0.15, -0.1) is 0 Å². The first-order valence-electron chi connectivity index (χ1n) is 5.90. The zero-order chi connectivity index (χ0) is 11.0. The summed E-state index contributed by atoms with van der Waals surface area (Å²) >= 11 is 0. The lowest BCUT2D eigenvalue weighted by Gasteiger charge is -2.23. The van der Waals surface area contributed by atoms with Crippen molar-refractivity contribution in [2.24, 2.45) is 0 Å². The van der Waals surface area contributed by atoms with Crippen molar-refractivity contribution in [2.75, 3.05) is 19.6 Å². The molecule has 2 saturated heterocycles. The molecule has 1 spiro atoms. The number of nitrogens with one attached hydrogen (secondary N) is 1. The average molecular weight is 216 g/mol. The second-order valence-electron chi connectivity index (χ2n) is 4.73. The highest BCUT2D eigenvalue weighted by Gasteiger charge is 2.54. The van der Waals surface area contributed by atoms with Crippen LogP contribution in [0.4, 0.5) is 0 Å².